The van der Waals surface area contributed by atoms with Crippen LogP contribution in [-0.2, 0) is 0 Å². The summed E-state index contributed by atoms with van der Waals surface area (Å²) >= 11 is 0. The molecule has 0 radical (unpaired) electrons. The number of hydrogen-bond donors (Lipinski definition) is 2. The van der Waals surface area contributed by atoms with Crippen LogP contribution in [0.2, 0.25) is 0 Å². The second-order valence-corrected chi connectivity index (χ2v) is 7.20. The fraction of sp³-hybridized carbons (Fsp3) is 0.227. The van der Waals surface area contributed by atoms with Crippen molar-refractivity contribution < 1.29 is 9.13 Å². The number of nitrogens with one attached hydrogen (secondary N) is 1. The van der Waals surface area contributed by atoms with E-state index in [-0.39, 0.29) is 11.8 Å². The van der Waals surface area contributed by atoms with Gasteiger partial charge in [-0.25, -0.2) is 19.3 Å². The third-order valence-corrected chi connectivity index (χ3v) is 4.99. The number of ether oxygens (including phenoxy) is 1. The lowest BCUT2D eigenvalue weighted by molar-refractivity contribution is 0.411. The van der Waals surface area contributed by atoms with Gasteiger partial charge in [0.05, 0.1) is 17.7 Å². The highest BCUT2D eigenvalue weighted by Crippen LogP contribution is 2.29. The van der Waals surface area contributed by atoms with Crippen LogP contribution in [0.3, 0.4) is 0 Å². The Morgan fingerprint density at radius 2 is 2.00 bits per heavy atom. The Morgan fingerprint density at radius 1 is 1.17 bits per heavy atom. The zero-order valence-corrected chi connectivity index (χ0v) is 16.6. The minimum absolute atomic E-state index is 0.0651. The summed E-state index contributed by atoms with van der Waals surface area (Å²) in [4.78, 5) is 18.4. The minimum Gasteiger partial charge on any atom is -0.436 e. The molecule has 154 valence electrons. The van der Waals surface area contributed by atoms with Crippen molar-refractivity contribution in [2.75, 3.05) is 25.9 Å². The lowest BCUT2D eigenvalue weighted by atomic mass is 10.0. The van der Waals surface area contributed by atoms with Crippen molar-refractivity contribution in [2.24, 2.45) is 0 Å². The van der Waals surface area contributed by atoms with E-state index in [4.69, 9.17) is 15.5 Å². The van der Waals surface area contributed by atoms with Crippen molar-refractivity contribution in [3.05, 3.63) is 72.7 Å². The number of nitrogen functional groups attached to an aromatic ring is 1. The van der Waals surface area contributed by atoms with Crippen molar-refractivity contribution in [3.8, 4) is 23.0 Å². The molecule has 8 heteroatoms. The van der Waals surface area contributed by atoms with Crippen molar-refractivity contribution >= 4 is 5.69 Å². The van der Waals surface area contributed by atoms with Crippen LogP contribution in [0, 0.1) is 5.82 Å². The second kappa shape index (κ2) is 8.87. The first-order valence-corrected chi connectivity index (χ1v) is 9.70. The Labute approximate surface area is 174 Å². The highest BCUT2D eigenvalue weighted by atomic mass is 19.1. The third-order valence-electron chi connectivity index (χ3n) is 4.99. The summed E-state index contributed by atoms with van der Waals surface area (Å²) in [5.41, 5.74) is 8.60. The van der Waals surface area contributed by atoms with Crippen LogP contribution in [0.4, 0.5) is 10.1 Å². The van der Waals surface area contributed by atoms with E-state index >= 15 is 0 Å². The Balaban J connectivity index is 1.67. The van der Waals surface area contributed by atoms with Gasteiger partial charge >= 0.3 is 0 Å². The number of aromatic amines is 1. The van der Waals surface area contributed by atoms with Gasteiger partial charge in [0.25, 0.3) is 5.88 Å². The molecule has 1 unspecified atom stereocenters. The average molecular weight is 406 g/mol. The maximum Gasteiger partial charge on any atom is 0.255 e. The summed E-state index contributed by atoms with van der Waals surface area (Å²) in [5, 5.41) is 0. The third kappa shape index (κ3) is 4.55. The number of rotatable bonds is 4. The molecule has 0 amide bonds. The molecule has 0 bridgehead atoms. The van der Waals surface area contributed by atoms with Crippen LogP contribution in [0.5, 0.6) is 11.6 Å². The number of anilines is 1. The van der Waals surface area contributed by atoms with Crippen LogP contribution >= 0.6 is 0 Å². The number of pyridine rings is 1. The summed E-state index contributed by atoms with van der Waals surface area (Å²) in [6.07, 6.45) is 5.70. The van der Waals surface area contributed by atoms with Gasteiger partial charge in [0, 0.05) is 30.4 Å². The molecule has 3 aromatic rings. The van der Waals surface area contributed by atoms with Gasteiger partial charge in [-0.2, -0.15) is 0 Å². The smallest absolute Gasteiger partial charge is 0.255 e. The molecule has 1 aliphatic rings. The lowest BCUT2D eigenvalue weighted by Gasteiger charge is -2.12. The minimum atomic E-state index is -0.514. The summed E-state index contributed by atoms with van der Waals surface area (Å²) in [7, 11) is 2.09. The Hall–Kier alpha value is -3.52. The molecule has 2 aromatic heterocycles. The fourth-order valence-electron chi connectivity index (χ4n) is 3.44. The zero-order valence-electron chi connectivity index (χ0n) is 16.6. The topological polar surface area (TPSA) is 93.0 Å². The van der Waals surface area contributed by atoms with Gasteiger partial charge < -0.3 is 20.4 Å². The molecule has 0 saturated carbocycles. The van der Waals surface area contributed by atoms with E-state index in [2.05, 4.69) is 26.9 Å². The van der Waals surface area contributed by atoms with Gasteiger partial charge in [-0.3, -0.25) is 0 Å². The number of nitrogens with zero attached hydrogens (tertiary/aromatic N) is 4. The molecule has 1 fully saturated rings. The van der Waals surface area contributed by atoms with Gasteiger partial charge in [0.2, 0.25) is 0 Å². The number of nitrogens with two attached hydrogens (primary N) is 1. The van der Waals surface area contributed by atoms with E-state index in [1.807, 2.05) is 12.1 Å². The van der Waals surface area contributed by atoms with E-state index in [1.54, 1.807) is 30.7 Å². The predicted molar refractivity (Wildman–Crippen MR) is 113 cm³/mol. The van der Waals surface area contributed by atoms with Crippen LogP contribution < -0.4 is 10.5 Å². The molecule has 4 rings (SSSR count). The molecular formula is C22H23FN6O. The van der Waals surface area contributed by atoms with E-state index in [9.17, 15) is 4.39 Å². The standard InChI is InChI=1S/C22H23FN6O/c1-29-12-9-16(13-29)20-19(24)8-11-25-14-27-21(28-20)15-4-6-17(7-5-15)30-22-18(23)3-2-10-26-22/h2-8,10-11,14,16H,9,12-13,24H2,1H3,(H,25,27,28). The van der Waals surface area contributed by atoms with E-state index in [0.717, 1.165) is 30.8 Å². The van der Waals surface area contributed by atoms with Crippen molar-refractivity contribution in [3.63, 3.8) is 0 Å². The van der Waals surface area contributed by atoms with Gasteiger partial charge in [0.1, 0.15) is 11.6 Å². The van der Waals surface area contributed by atoms with Crippen LogP contribution in [-0.4, -0.2) is 45.0 Å². The monoisotopic (exact) mass is 406 g/mol. The van der Waals surface area contributed by atoms with Crippen LogP contribution in [0.15, 0.2) is 61.2 Å². The van der Waals surface area contributed by atoms with E-state index in [1.165, 1.54) is 18.3 Å². The van der Waals surface area contributed by atoms with Crippen molar-refractivity contribution in [1.29, 1.82) is 0 Å². The number of aromatic nitrogens is 4. The Morgan fingerprint density at radius 3 is 2.73 bits per heavy atom. The first-order valence-electron chi connectivity index (χ1n) is 9.70. The number of likely N-dealkylation sites (tertiary alicyclic amines) is 1. The molecular weight excluding hydrogens is 383 g/mol. The van der Waals surface area contributed by atoms with E-state index in [0.29, 0.717) is 17.3 Å². The second-order valence-electron chi connectivity index (χ2n) is 7.20. The summed E-state index contributed by atoms with van der Waals surface area (Å²) < 4.78 is 19.3. The maximum atomic E-state index is 13.8. The lowest BCUT2D eigenvalue weighted by Crippen LogP contribution is -2.14. The fourth-order valence-corrected chi connectivity index (χ4v) is 3.44. The number of benzene rings is 1. The molecule has 1 aliphatic heterocycles. The molecule has 1 aromatic carbocycles. The molecule has 3 N–H and O–H groups in total. The number of H-pyrrole nitrogens is 1. The normalized spacial score (nSPS) is 16.3. The SMILES string of the molecule is CN1CCC(c2nc(-c3ccc(Oc4ncccc4F)cc3)[nH]cnccc2N)C1. The molecule has 7 nitrogen and oxygen atoms in total. The van der Waals surface area contributed by atoms with Crippen molar-refractivity contribution in [1.82, 2.24) is 24.8 Å². The first-order chi connectivity index (χ1) is 14.6. The van der Waals surface area contributed by atoms with Crippen molar-refractivity contribution in [2.45, 2.75) is 12.3 Å². The van der Waals surface area contributed by atoms with Gasteiger partial charge in [-0.1, -0.05) is 0 Å². The average Bonchev–Trinajstić information content (AvgIpc) is 3.20. The molecule has 0 aliphatic carbocycles. The van der Waals surface area contributed by atoms with Gasteiger partial charge in [0.15, 0.2) is 5.82 Å². The van der Waals surface area contributed by atoms with Gasteiger partial charge in [-0.15, -0.1) is 0 Å². The highest BCUT2D eigenvalue weighted by Gasteiger charge is 2.24. The van der Waals surface area contributed by atoms with Gasteiger partial charge in [-0.05, 0) is 62.5 Å². The Bertz CT molecular complexity index is 1070. The number of hydrogen-bond acceptors (Lipinski definition) is 6. The Kier molecular flexibility index (Phi) is 5.85. The summed E-state index contributed by atoms with van der Waals surface area (Å²) in [6, 6.07) is 11.8. The van der Waals surface area contributed by atoms with E-state index < -0.39 is 5.82 Å². The molecule has 3 heterocycles. The molecule has 1 saturated heterocycles. The summed E-state index contributed by atoms with van der Waals surface area (Å²) in [5.74, 6) is 0.780. The largest absolute Gasteiger partial charge is 0.436 e. The quantitative estimate of drug-likeness (QED) is 0.682. The maximum absolute atomic E-state index is 13.8. The first kappa shape index (κ1) is 19.8. The van der Waals surface area contributed by atoms with Crippen LogP contribution in [0.25, 0.3) is 11.4 Å². The molecule has 0 spiro atoms. The zero-order chi connectivity index (χ0) is 20.9. The number of likely N-dealkylation sites (N-methyl/N-ethyl adjacent to an activating group) is 1. The summed E-state index contributed by atoms with van der Waals surface area (Å²) in [6.45, 7) is 1.92. The number of halogens is 1. The predicted octanol–water partition coefficient (Wildman–Crippen LogP) is 3.92. The van der Waals surface area contributed by atoms with Crippen LogP contribution in [0.1, 0.15) is 18.0 Å². The molecule has 1 atom stereocenters. The molecule has 30 heavy (non-hydrogen) atoms. The highest BCUT2D eigenvalue weighted by molar-refractivity contribution is 5.57.